The van der Waals surface area contributed by atoms with E-state index in [1.165, 1.54) is 5.01 Å². The van der Waals surface area contributed by atoms with Gasteiger partial charge in [-0.15, -0.1) is 5.01 Å². The molecule has 0 aromatic rings. The lowest BCUT2D eigenvalue weighted by Gasteiger charge is -2.11. The number of nitrogens with zero attached hydrogens (tertiary/aromatic N) is 3. The molecule has 1 rings (SSSR count). The molecule has 5 heteroatoms. The molecule has 0 unspecified atom stereocenters. The molecule has 0 radical (unpaired) electrons. The molecular formula is C4H8N3O2-. The van der Waals surface area contributed by atoms with E-state index < -0.39 is 0 Å². The van der Waals surface area contributed by atoms with Crippen LogP contribution < -0.4 is 0 Å². The van der Waals surface area contributed by atoms with Gasteiger partial charge in [0.15, 0.2) is 0 Å². The average molecular weight is 130 g/mol. The Hall–Kier alpha value is -1.00. The summed E-state index contributed by atoms with van der Waals surface area (Å²) in [5.74, 6) is 0. The molecule has 1 aliphatic heterocycles. The summed E-state index contributed by atoms with van der Waals surface area (Å²) >= 11 is 0. The highest BCUT2D eigenvalue weighted by Gasteiger charge is 2.16. The largest absolute Gasteiger partial charge is 0.737 e. The van der Waals surface area contributed by atoms with Crippen LogP contribution in [0.1, 0.15) is 12.8 Å². The monoisotopic (exact) mass is 130 g/mol. The van der Waals surface area contributed by atoms with Gasteiger partial charge in [-0.3, -0.25) is 0 Å². The Bertz CT molecular complexity index is 119. The topological polar surface area (TPSA) is 64.7 Å². The Balaban J connectivity index is 2.42. The molecular weight excluding hydrogens is 122 g/mol. The van der Waals surface area contributed by atoms with Crippen LogP contribution in [0.4, 0.5) is 0 Å². The number of hydrogen-bond acceptors (Lipinski definition) is 3. The molecule has 0 aliphatic carbocycles. The fraction of sp³-hybridized carbons (Fsp3) is 1.00. The molecule has 1 heterocycles. The molecule has 1 aliphatic rings. The van der Waals surface area contributed by atoms with Gasteiger partial charge < -0.3 is 10.4 Å². The highest BCUT2D eigenvalue weighted by Crippen LogP contribution is 2.06. The van der Waals surface area contributed by atoms with Crippen molar-refractivity contribution in [2.75, 3.05) is 13.1 Å². The van der Waals surface area contributed by atoms with E-state index in [0.717, 1.165) is 12.8 Å². The van der Waals surface area contributed by atoms with Crippen molar-refractivity contribution in [2.24, 2.45) is 5.28 Å². The summed E-state index contributed by atoms with van der Waals surface area (Å²) in [5.41, 5.74) is 0. The van der Waals surface area contributed by atoms with Gasteiger partial charge in [-0.05, 0) is 18.1 Å². The smallest absolute Gasteiger partial charge is 0.0768 e. The zero-order valence-corrected chi connectivity index (χ0v) is 4.99. The second-order valence-corrected chi connectivity index (χ2v) is 2.00. The van der Waals surface area contributed by atoms with Crippen LogP contribution in [0.5, 0.6) is 0 Å². The normalized spacial score (nSPS) is 20.9. The van der Waals surface area contributed by atoms with Gasteiger partial charge in [-0.2, -0.15) is 0 Å². The number of hydrogen-bond donors (Lipinski definition) is 0. The lowest BCUT2D eigenvalue weighted by molar-refractivity contribution is -0.686. The quantitative estimate of drug-likeness (QED) is 0.294. The first-order valence-corrected chi connectivity index (χ1v) is 2.90. The molecule has 0 bridgehead atoms. The van der Waals surface area contributed by atoms with Crippen LogP contribution in [-0.2, 0) is 0 Å². The van der Waals surface area contributed by atoms with E-state index in [9.17, 15) is 10.4 Å². The predicted molar refractivity (Wildman–Crippen MR) is 30.2 cm³/mol. The molecule has 1 saturated heterocycles. The van der Waals surface area contributed by atoms with Crippen molar-refractivity contribution < 1.29 is 4.97 Å². The van der Waals surface area contributed by atoms with Crippen LogP contribution >= 0.6 is 0 Å². The summed E-state index contributed by atoms with van der Waals surface area (Å²) in [4.78, 5) is 0.118. The van der Waals surface area contributed by atoms with E-state index in [1.807, 2.05) is 0 Å². The van der Waals surface area contributed by atoms with E-state index in [2.05, 4.69) is 5.28 Å². The summed E-state index contributed by atoms with van der Waals surface area (Å²) in [6, 6.07) is 0. The Morgan fingerprint density at radius 1 is 1.33 bits per heavy atom. The van der Waals surface area contributed by atoms with Gasteiger partial charge in [-0.1, -0.05) is 0 Å². The Morgan fingerprint density at radius 2 is 1.89 bits per heavy atom. The lowest BCUT2D eigenvalue weighted by atomic mass is 10.4. The Labute approximate surface area is 52.7 Å². The fourth-order valence-corrected chi connectivity index (χ4v) is 0.923. The zero-order chi connectivity index (χ0) is 6.69. The maximum Gasteiger partial charge on any atom is 0.0768 e. The Morgan fingerprint density at radius 3 is 2.33 bits per heavy atom. The molecule has 0 atom stereocenters. The van der Waals surface area contributed by atoms with Crippen LogP contribution in [0.25, 0.3) is 0 Å². The van der Waals surface area contributed by atoms with Crippen molar-refractivity contribution in [2.45, 2.75) is 12.8 Å². The molecule has 0 spiro atoms. The lowest BCUT2D eigenvalue weighted by Crippen LogP contribution is -2.26. The van der Waals surface area contributed by atoms with Gasteiger partial charge in [0.25, 0.3) is 0 Å². The third kappa shape index (κ3) is 1.22. The van der Waals surface area contributed by atoms with Gasteiger partial charge in [0.1, 0.15) is 0 Å². The van der Waals surface area contributed by atoms with E-state index in [1.54, 1.807) is 0 Å². The summed E-state index contributed by atoms with van der Waals surface area (Å²) in [6.07, 6.45) is 1.96. The highest BCUT2D eigenvalue weighted by atomic mass is 16.6. The van der Waals surface area contributed by atoms with Crippen LogP contribution in [0, 0.1) is 10.4 Å². The van der Waals surface area contributed by atoms with E-state index in [-0.39, 0.29) is 4.97 Å². The van der Waals surface area contributed by atoms with Crippen molar-refractivity contribution in [1.29, 1.82) is 0 Å². The minimum atomic E-state index is 0.118. The van der Waals surface area contributed by atoms with Crippen LogP contribution in [-0.4, -0.2) is 23.1 Å². The number of hydrazine groups is 1. The fourth-order valence-electron chi connectivity index (χ4n) is 0.923. The third-order valence-electron chi connectivity index (χ3n) is 1.39. The first kappa shape index (κ1) is 6.12. The molecule has 0 amide bonds. The van der Waals surface area contributed by atoms with Crippen molar-refractivity contribution >= 4 is 0 Å². The summed E-state index contributed by atoms with van der Waals surface area (Å²) in [6.45, 7) is 1.32. The molecule has 9 heavy (non-hydrogen) atoms. The molecule has 52 valence electrons. The molecule has 1 fully saturated rings. The zero-order valence-electron chi connectivity index (χ0n) is 4.99. The van der Waals surface area contributed by atoms with Gasteiger partial charge in [0.2, 0.25) is 0 Å². The number of rotatable bonds is 1. The Kier molecular flexibility index (Phi) is 1.72. The van der Waals surface area contributed by atoms with Crippen LogP contribution in [0.15, 0.2) is 5.28 Å². The highest BCUT2D eigenvalue weighted by molar-refractivity contribution is 4.55. The van der Waals surface area contributed by atoms with Crippen molar-refractivity contribution in [1.82, 2.24) is 5.01 Å². The summed E-state index contributed by atoms with van der Waals surface area (Å²) < 4.78 is 0. The minimum absolute atomic E-state index is 0.118. The molecule has 0 aromatic carbocycles. The first-order valence-electron chi connectivity index (χ1n) is 2.90. The van der Waals surface area contributed by atoms with Crippen molar-refractivity contribution in [3.8, 4) is 0 Å². The van der Waals surface area contributed by atoms with E-state index in [4.69, 9.17) is 0 Å². The van der Waals surface area contributed by atoms with Crippen molar-refractivity contribution in [3.05, 3.63) is 10.4 Å². The summed E-state index contributed by atoms with van der Waals surface area (Å²) in [5, 5.41) is 23.6. The second-order valence-electron chi connectivity index (χ2n) is 2.00. The predicted octanol–water partition coefficient (Wildman–Crippen LogP) is 0.458. The van der Waals surface area contributed by atoms with Gasteiger partial charge >= 0.3 is 0 Å². The SMILES string of the molecule is [O-]/N=[N+](/[O-])N1CCCC1. The van der Waals surface area contributed by atoms with Gasteiger partial charge in [0.05, 0.1) is 13.1 Å². The maximum absolute atomic E-state index is 10.4. The van der Waals surface area contributed by atoms with E-state index in [0.29, 0.717) is 13.1 Å². The van der Waals surface area contributed by atoms with E-state index >= 15 is 0 Å². The second kappa shape index (κ2) is 2.52. The van der Waals surface area contributed by atoms with Crippen LogP contribution in [0.2, 0.25) is 0 Å². The molecule has 0 N–H and O–H groups in total. The first-order chi connectivity index (χ1) is 4.34. The standard InChI is InChI=1S/C4H9N3O2/c8-5-7(9)6-3-1-2-4-6/h8H,1-4H2/p-1/b7-5+. The van der Waals surface area contributed by atoms with Gasteiger partial charge in [0, 0.05) is 4.97 Å². The molecule has 0 aromatic heterocycles. The maximum atomic E-state index is 10.4. The van der Waals surface area contributed by atoms with Crippen molar-refractivity contribution in [3.63, 3.8) is 0 Å². The third-order valence-corrected chi connectivity index (χ3v) is 1.39. The molecule has 0 saturated carbocycles. The summed E-state index contributed by atoms with van der Waals surface area (Å²) in [7, 11) is 0. The molecule has 5 nitrogen and oxygen atoms in total. The average Bonchev–Trinajstić information content (AvgIpc) is 2.37. The van der Waals surface area contributed by atoms with Gasteiger partial charge in [-0.25, -0.2) is 0 Å². The van der Waals surface area contributed by atoms with Crippen LogP contribution in [0.3, 0.4) is 0 Å². The minimum Gasteiger partial charge on any atom is -0.737 e.